The molecule has 0 spiro atoms. The highest BCUT2D eigenvalue weighted by Gasteiger charge is 2.28. The number of benzene rings is 1. The number of nitrogens with zero attached hydrogens (tertiary/aromatic N) is 2. The highest BCUT2D eigenvalue weighted by Crippen LogP contribution is 2.34. The quantitative estimate of drug-likeness (QED) is 0.925. The lowest BCUT2D eigenvalue weighted by molar-refractivity contribution is 0.0923. The average Bonchev–Trinajstić information content (AvgIpc) is 3.11. The highest BCUT2D eigenvalue weighted by molar-refractivity contribution is 5.95. The molecule has 114 valence electrons. The number of amides is 1. The van der Waals surface area contributed by atoms with Gasteiger partial charge in [0, 0.05) is 18.5 Å². The van der Waals surface area contributed by atoms with Crippen LogP contribution in [0.2, 0.25) is 0 Å². The van der Waals surface area contributed by atoms with E-state index in [2.05, 4.69) is 10.4 Å². The first-order chi connectivity index (χ1) is 10.7. The Morgan fingerprint density at radius 2 is 2.36 bits per heavy atom. The molecule has 1 aromatic heterocycles. The van der Waals surface area contributed by atoms with Crippen LogP contribution in [0.25, 0.3) is 0 Å². The number of rotatable bonds is 2. The van der Waals surface area contributed by atoms with E-state index in [1.165, 1.54) is 6.07 Å². The first kappa shape index (κ1) is 13.3. The van der Waals surface area contributed by atoms with E-state index in [-0.39, 0.29) is 23.5 Å². The maximum absolute atomic E-state index is 13.8. The van der Waals surface area contributed by atoms with Crippen molar-refractivity contribution in [2.75, 3.05) is 6.61 Å². The van der Waals surface area contributed by atoms with Crippen LogP contribution in [-0.4, -0.2) is 22.3 Å². The maximum Gasteiger partial charge on any atom is 0.255 e. The largest absolute Gasteiger partial charge is 0.490 e. The van der Waals surface area contributed by atoms with Crippen LogP contribution in [0.15, 0.2) is 24.4 Å². The first-order valence-corrected chi connectivity index (χ1v) is 7.51. The van der Waals surface area contributed by atoms with E-state index < -0.39 is 0 Å². The van der Waals surface area contributed by atoms with Crippen LogP contribution in [0.1, 0.15) is 40.5 Å². The van der Waals surface area contributed by atoms with Crippen LogP contribution in [0.4, 0.5) is 4.39 Å². The molecule has 0 radical (unpaired) electrons. The zero-order valence-electron chi connectivity index (χ0n) is 12.0. The van der Waals surface area contributed by atoms with Crippen molar-refractivity contribution in [1.82, 2.24) is 15.1 Å². The summed E-state index contributed by atoms with van der Waals surface area (Å²) >= 11 is 0. The van der Waals surface area contributed by atoms with Gasteiger partial charge in [-0.05, 0) is 18.9 Å². The molecule has 0 fully saturated rings. The van der Waals surface area contributed by atoms with Crippen LogP contribution in [0.5, 0.6) is 5.75 Å². The second-order valence-corrected chi connectivity index (χ2v) is 5.65. The Kier molecular flexibility index (Phi) is 3.10. The summed E-state index contributed by atoms with van der Waals surface area (Å²) in [5.74, 6) is -0.285. The van der Waals surface area contributed by atoms with Crippen molar-refractivity contribution in [2.45, 2.75) is 31.8 Å². The molecule has 0 bridgehead atoms. The molecule has 22 heavy (non-hydrogen) atoms. The number of aryl methyl sites for hydroxylation is 1. The van der Waals surface area contributed by atoms with Gasteiger partial charge in [0.1, 0.15) is 0 Å². The highest BCUT2D eigenvalue weighted by atomic mass is 19.1. The fourth-order valence-electron chi connectivity index (χ4n) is 3.23. The van der Waals surface area contributed by atoms with Gasteiger partial charge in [0.15, 0.2) is 11.6 Å². The number of carbonyl (C=O) groups excluding carboxylic acids is 1. The second kappa shape index (κ2) is 5.12. The van der Waals surface area contributed by atoms with E-state index >= 15 is 0 Å². The van der Waals surface area contributed by atoms with Crippen molar-refractivity contribution in [3.8, 4) is 5.75 Å². The number of ether oxygens (including phenoxy) is 1. The van der Waals surface area contributed by atoms with E-state index in [0.29, 0.717) is 24.2 Å². The average molecular weight is 301 g/mol. The van der Waals surface area contributed by atoms with Gasteiger partial charge in [-0.2, -0.15) is 5.10 Å². The minimum atomic E-state index is -0.386. The predicted molar refractivity (Wildman–Crippen MR) is 77.3 cm³/mol. The summed E-state index contributed by atoms with van der Waals surface area (Å²) in [4.78, 5) is 12.5. The second-order valence-electron chi connectivity index (χ2n) is 5.65. The molecule has 6 heteroatoms. The van der Waals surface area contributed by atoms with E-state index in [9.17, 15) is 9.18 Å². The number of halogens is 1. The molecule has 2 aromatic rings. The van der Waals surface area contributed by atoms with Gasteiger partial charge in [-0.1, -0.05) is 12.1 Å². The zero-order chi connectivity index (χ0) is 15.1. The zero-order valence-corrected chi connectivity index (χ0v) is 12.0. The molecule has 2 aliphatic heterocycles. The minimum Gasteiger partial charge on any atom is -0.490 e. The molecule has 1 N–H and O–H groups in total. The minimum absolute atomic E-state index is 0.148. The third-order valence-electron chi connectivity index (χ3n) is 4.31. The van der Waals surface area contributed by atoms with Crippen LogP contribution >= 0.6 is 0 Å². The molecule has 0 saturated heterocycles. The molecule has 1 atom stereocenters. The van der Waals surface area contributed by atoms with Gasteiger partial charge in [0.05, 0.1) is 30.1 Å². The number of para-hydroxylation sites is 1. The van der Waals surface area contributed by atoms with Crippen molar-refractivity contribution < 1.29 is 13.9 Å². The van der Waals surface area contributed by atoms with Gasteiger partial charge >= 0.3 is 0 Å². The van der Waals surface area contributed by atoms with E-state index in [0.717, 1.165) is 25.1 Å². The monoisotopic (exact) mass is 301 g/mol. The van der Waals surface area contributed by atoms with E-state index in [1.807, 2.05) is 4.68 Å². The fraction of sp³-hybridized carbons (Fsp3) is 0.375. The Morgan fingerprint density at radius 1 is 1.45 bits per heavy atom. The van der Waals surface area contributed by atoms with Gasteiger partial charge in [-0.3, -0.25) is 9.48 Å². The van der Waals surface area contributed by atoms with Crippen molar-refractivity contribution in [1.29, 1.82) is 0 Å². The Balaban J connectivity index is 1.60. The summed E-state index contributed by atoms with van der Waals surface area (Å²) in [5, 5.41) is 7.24. The summed E-state index contributed by atoms with van der Waals surface area (Å²) in [6.07, 6.45) is 4.15. The van der Waals surface area contributed by atoms with Crippen LogP contribution in [-0.2, 0) is 13.0 Å². The Bertz CT molecular complexity index is 741. The number of aromatic nitrogens is 2. The molecule has 1 amide bonds. The van der Waals surface area contributed by atoms with Crippen LogP contribution in [0, 0.1) is 5.82 Å². The van der Waals surface area contributed by atoms with Crippen molar-refractivity contribution in [3.05, 3.63) is 47.0 Å². The Hall–Kier alpha value is -2.37. The lowest BCUT2D eigenvalue weighted by Gasteiger charge is -2.26. The summed E-state index contributed by atoms with van der Waals surface area (Å²) < 4.78 is 21.1. The Morgan fingerprint density at radius 3 is 3.27 bits per heavy atom. The SMILES string of the molecule is O=C(NC1CCOc2c(F)cccc21)c1cnn2c1CCC2. The molecular formula is C16H16FN3O2. The number of nitrogens with one attached hydrogen (secondary N) is 1. The molecule has 5 nitrogen and oxygen atoms in total. The lowest BCUT2D eigenvalue weighted by atomic mass is 9.99. The van der Waals surface area contributed by atoms with Crippen LogP contribution in [0.3, 0.4) is 0 Å². The Labute approximate surface area is 127 Å². The van der Waals surface area contributed by atoms with E-state index in [1.54, 1.807) is 18.3 Å². The van der Waals surface area contributed by atoms with Crippen molar-refractivity contribution in [2.24, 2.45) is 0 Å². The fourth-order valence-corrected chi connectivity index (χ4v) is 3.23. The number of fused-ring (bicyclic) bond motifs is 2. The van der Waals surface area contributed by atoms with Gasteiger partial charge < -0.3 is 10.1 Å². The number of hydrogen-bond acceptors (Lipinski definition) is 3. The smallest absolute Gasteiger partial charge is 0.255 e. The molecule has 3 heterocycles. The molecule has 1 unspecified atom stereocenters. The van der Waals surface area contributed by atoms with Crippen molar-refractivity contribution in [3.63, 3.8) is 0 Å². The summed E-state index contributed by atoms with van der Waals surface area (Å²) in [6, 6.07) is 4.57. The van der Waals surface area contributed by atoms with Crippen molar-refractivity contribution >= 4 is 5.91 Å². The third-order valence-corrected chi connectivity index (χ3v) is 4.31. The summed E-state index contributed by atoms with van der Waals surface area (Å²) in [6.45, 7) is 1.26. The molecule has 0 saturated carbocycles. The first-order valence-electron chi connectivity index (χ1n) is 7.51. The molecule has 2 aliphatic rings. The topological polar surface area (TPSA) is 56.1 Å². The van der Waals surface area contributed by atoms with E-state index in [4.69, 9.17) is 4.74 Å². The van der Waals surface area contributed by atoms with Gasteiger partial charge in [-0.25, -0.2) is 4.39 Å². The van der Waals surface area contributed by atoms with Crippen LogP contribution < -0.4 is 10.1 Å². The third kappa shape index (κ3) is 2.06. The molecule has 1 aromatic carbocycles. The van der Waals surface area contributed by atoms with Gasteiger partial charge in [-0.15, -0.1) is 0 Å². The summed E-state index contributed by atoms with van der Waals surface area (Å²) in [5.41, 5.74) is 2.31. The lowest BCUT2D eigenvalue weighted by Crippen LogP contribution is -2.32. The standard InChI is InChI=1S/C16H16FN3O2/c17-12-4-1-3-10-13(6-8-22-15(10)12)19-16(21)11-9-18-20-7-2-5-14(11)20/h1,3-4,9,13H,2,5-8H2,(H,19,21). The maximum atomic E-state index is 13.8. The normalized spacial score (nSPS) is 19.2. The van der Waals surface area contributed by atoms with Gasteiger partial charge in [0.25, 0.3) is 5.91 Å². The molecule has 4 rings (SSSR count). The number of carbonyl (C=O) groups is 1. The van der Waals surface area contributed by atoms with Gasteiger partial charge in [0.2, 0.25) is 0 Å². The molecule has 0 aliphatic carbocycles. The summed E-state index contributed by atoms with van der Waals surface area (Å²) in [7, 11) is 0. The molecular weight excluding hydrogens is 285 g/mol. The predicted octanol–water partition coefficient (Wildman–Crippen LogP) is 2.22. The number of hydrogen-bond donors (Lipinski definition) is 1.